The topological polar surface area (TPSA) is 36.9 Å². The van der Waals surface area contributed by atoms with E-state index in [2.05, 4.69) is 118 Å². The van der Waals surface area contributed by atoms with E-state index in [-0.39, 0.29) is 42.1 Å². The SMILES string of the molecule is CC(C)(c1ccc(B2OC(C)(C)C(C)(C)O2)cc1)c1ccc(B2OC(C)(C)C(C)(C)O2)cc1. The second-order valence-corrected chi connectivity index (χ2v) is 12.0. The van der Waals surface area contributed by atoms with E-state index in [1.807, 2.05) is 0 Å². The first-order chi connectivity index (χ1) is 15.1. The zero-order valence-electron chi connectivity index (χ0n) is 21.9. The van der Waals surface area contributed by atoms with Crippen molar-refractivity contribution in [1.29, 1.82) is 0 Å². The summed E-state index contributed by atoms with van der Waals surface area (Å²) in [6.07, 6.45) is 0. The van der Waals surface area contributed by atoms with Crippen molar-refractivity contribution in [3.8, 4) is 0 Å². The van der Waals surface area contributed by atoms with Crippen molar-refractivity contribution in [2.24, 2.45) is 0 Å². The molecule has 4 nitrogen and oxygen atoms in total. The first kappa shape index (κ1) is 24.5. The van der Waals surface area contributed by atoms with E-state index in [0.29, 0.717) is 0 Å². The van der Waals surface area contributed by atoms with Gasteiger partial charge < -0.3 is 18.6 Å². The zero-order valence-corrected chi connectivity index (χ0v) is 21.9. The lowest BCUT2D eigenvalue weighted by atomic mass is 9.73. The molecule has 2 aromatic rings. The highest BCUT2D eigenvalue weighted by atomic mass is 16.7. The maximum absolute atomic E-state index is 6.21. The second kappa shape index (κ2) is 7.71. The predicted molar refractivity (Wildman–Crippen MR) is 136 cm³/mol. The molecule has 0 spiro atoms. The molecule has 176 valence electrons. The van der Waals surface area contributed by atoms with Gasteiger partial charge in [-0.15, -0.1) is 0 Å². The molecule has 2 aromatic carbocycles. The molecule has 0 atom stereocenters. The Morgan fingerprint density at radius 2 is 0.727 bits per heavy atom. The van der Waals surface area contributed by atoms with Gasteiger partial charge in [-0.05, 0) is 77.4 Å². The van der Waals surface area contributed by atoms with Crippen molar-refractivity contribution in [2.45, 2.75) is 97.1 Å². The van der Waals surface area contributed by atoms with Crippen LogP contribution in [0.3, 0.4) is 0 Å². The molecule has 2 aliphatic rings. The minimum Gasteiger partial charge on any atom is -0.399 e. The van der Waals surface area contributed by atoms with Gasteiger partial charge in [0.05, 0.1) is 22.4 Å². The van der Waals surface area contributed by atoms with Gasteiger partial charge in [-0.1, -0.05) is 62.4 Å². The van der Waals surface area contributed by atoms with E-state index in [9.17, 15) is 0 Å². The van der Waals surface area contributed by atoms with Gasteiger partial charge in [-0.2, -0.15) is 0 Å². The second-order valence-electron chi connectivity index (χ2n) is 12.0. The van der Waals surface area contributed by atoms with Crippen LogP contribution in [0.4, 0.5) is 0 Å². The van der Waals surface area contributed by atoms with E-state index < -0.39 is 0 Å². The van der Waals surface area contributed by atoms with Crippen molar-refractivity contribution in [1.82, 2.24) is 0 Å². The summed E-state index contributed by atoms with van der Waals surface area (Å²) in [5.74, 6) is 0. The van der Waals surface area contributed by atoms with E-state index in [1.165, 1.54) is 11.1 Å². The fourth-order valence-corrected chi connectivity index (χ4v) is 4.24. The number of rotatable bonds is 4. The Kier molecular flexibility index (Phi) is 5.73. The number of hydrogen-bond donors (Lipinski definition) is 0. The van der Waals surface area contributed by atoms with Crippen molar-refractivity contribution in [3.05, 3.63) is 59.7 Å². The van der Waals surface area contributed by atoms with Gasteiger partial charge in [0.2, 0.25) is 0 Å². The zero-order chi connectivity index (χ0) is 24.4. The molecule has 0 saturated carbocycles. The molecule has 2 aliphatic heterocycles. The van der Waals surface area contributed by atoms with Gasteiger partial charge in [0.15, 0.2) is 0 Å². The molecule has 4 rings (SSSR count). The Bertz CT molecular complexity index is 894. The Balaban J connectivity index is 1.51. The molecule has 33 heavy (non-hydrogen) atoms. The van der Waals surface area contributed by atoms with Crippen LogP contribution in [0.2, 0.25) is 0 Å². The monoisotopic (exact) mass is 448 g/mol. The third kappa shape index (κ3) is 4.20. The van der Waals surface area contributed by atoms with E-state index >= 15 is 0 Å². The maximum Gasteiger partial charge on any atom is 0.494 e. The third-order valence-corrected chi connectivity index (χ3v) is 8.32. The maximum atomic E-state index is 6.21. The molecule has 2 saturated heterocycles. The standard InChI is InChI=1S/C27H38B2O4/c1-23(2,19-11-15-21(16-12-19)28-30-24(3,4)25(5,6)31-28)20-13-17-22(18-14-20)29-32-26(7,8)27(9,10)33-29/h11-18H,1-10H3. The fraction of sp³-hybridized carbons (Fsp3) is 0.556. The Morgan fingerprint density at radius 3 is 0.970 bits per heavy atom. The van der Waals surface area contributed by atoms with Crippen LogP contribution in [0.5, 0.6) is 0 Å². The predicted octanol–water partition coefficient (Wildman–Crippen LogP) is 4.61. The summed E-state index contributed by atoms with van der Waals surface area (Å²) in [5.41, 5.74) is 3.07. The minimum absolute atomic E-state index is 0.150. The van der Waals surface area contributed by atoms with E-state index in [0.717, 1.165) is 10.9 Å². The lowest BCUT2D eigenvalue weighted by Gasteiger charge is -2.32. The normalized spacial score (nSPS) is 23.2. The molecule has 0 bridgehead atoms. The van der Waals surface area contributed by atoms with E-state index in [1.54, 1.807) is 0 Å². The summed E-state index contributed by atoms with van der Waals surface area (Å²) in [6, 6.07) is 17.2. The van der Waals surface area contributed by atoms with Crippen LogP contribution in [0.1, 0.15) is 80.4 Å². The van der Waals surface area contributed by atoms with Crippen LogP contribution in [0, 0.1) is 0 Å². The molecule has 6 heteroatoms. The van der Waals surface area contributed by atoms with Crippen LogP contribution >= 0.6 is 0 Å². The Labute approximate surface area is 200 Å². The molecular weight excluding hydrogens is 410 g/mol. The van der Waals surface area contributed by atoms with Crippen LogP contribution < -0.4 is 10.9 Å². The van der Waals surface area contributed by atoms with Crippen molar-refractivity contribution >= 4 is 25.2 Å². The molecule has 0 aromatic heterocycles. The molecule has 0 aliphatic carbocycles. The van der Waals surface area contributed by atoms with Gasteiger partial charge in [0, 0.05) is 5.41 Å². The van der Waals surface area contributed by atoms with Gasteiger partial charge in [-0.25, -0.2) is 0 Å². The van der Waals surface area contributed by atoms with Crippen molar-refractivity contribution < 1.29 is 18.6 Å². The first-order valence-electron chi connectivity index (χ1n) is 12.0. The molecule has 0 amide bonds. The van der Waals surface area contributed by atoms with Gasteiger partial charge in [0.25, 0.3) is 0 Å². The quantitative estimate of drug-likeness (QED) is 0.641. The molecule has 0 unspecified atom stereocenters. The fourth-order valence-electron chi connectivity index (χ4n) is 4.24. The van der Waals surface area contributed by atoms with Crippen molar-refractivity contribution in [3.63, 3.8) is 0 Å². The molecule has 2 heterocycles. The smallest absolute Gasteiger partial charge is 0.399 e. The molecule has 0 radical (unpaired) electrons. The van der Waals surface area contributed by atoms with Gasteiger partial charge in [-0.3, -0.25) is 0 Å². The lowest BCUT2D eigenvalue weighted by Crippen LogP contribution is -2.41. The average molecular weight is 448 g/mol. The van der Waals surface area contributed by atoms with Crippen LogP contribution in [0.25, 0.3) is 0 Å². The third-order valence-electron chi connectivity index (χ3n) is 8.32. The van der Waals surface area contributed by atoms with Gasteiger partial charge >= 0.3 is 14.2 Å². The summed E-state index contributed by atoms with van der Waals surface area (Å²) in [6.45, 7) is 21.2. The minimum atomic E-state index is -0.341. The van der Waals surface area contributed by atoms with Crippen LogP contribution in [-0.4, -0.2) is 36.6 Å². The Hall–Kier alpha value is -1.59. The molecule has 0 N–H and O–H groups in total. The average Bonchev–Trinajstić information content (AvgIpc) is 3.08. The van der Waals surface area contributed by atoms with Gasteiger partial charge in [0.1, 0.15) is 0 Å². The number of hydrogen-bond acceptors (Lipinski definition) is 4. The molecular formula is C27H38B2O4. The highest BCUT2D eigenvalue weighted by Gasteiger charge is 2.52. The summed E-state index contributed by atoms with van der Waals surface area (Å²) in [7, 11) is -0.683. The Morgan fingerprint density at radius 1 is 0.485 bits per heavy atom. The number of benzene rings is 2. The first-order valence-corrected chi connectivity index (χ1v) is 12.0. The largest absolute Gasteiger partial charge is 0.494 e. The highest BCUT2D eigenvalue weighted by Crippen LogP contribution is 2.38. The summed E-state index contributed by atoms with van der Waals surface area (Å²) in [4.78, 5) is 0. The van der Waals surface area contributed by atoms with Crippen molar-refractivity contribution in [2.75, 3.05) is 0 Å². The van der Waals surface area contributed by atoms with E-state index in [4.69, 9.17) is 18.6 Å². The highest BCUT2D eigenvalue weighted by molar-refractivity contribution is 6.62. The van der Waals surface area contributed by atoms with Crippen LogP contribution in [-0.2, 0) is 24.0 Å². The summed E-state index contributed by atoms with van der Waals surface area (Å²) in [5, 5.41) is 0. The molecule has 2 fully saturated rings. The van der Waals surface area contributed by atoms with Crippen LogP contribution in [0.15, 0.2) is 48.5 Å². The lowest BCUT2D eigenvalue weighted by molar-refractivity contribution is 0.00578. The summed E-state index contributed by atoms with van der Waals surface area (Å²) >= 11 is 0. The summed E-state index contributed by atoms with van der Waals surface area (Å²) < 4.78 is 24.8.